The molecule has 0 aliphatic carbocycles. The Hall–Kier alpha value is -2.63. The first-order valence-electron chi connectivity index (χ1n) is 10.1. The van der Waals surface area contributed by atoms with Gasteiger partial charge in [-0.15, -0.1) is 0 Å². The van der Waals surface area contributed by atoms with E-state index in [-0.39, 0.29) is 18.0 Å². The normalized spacial score (nSPS) is 18.7. The molecule has 0 fully saturated rings. The molecule has 0 radical (unpaired) electrons. The van der Waals surface area contributed by atoms with Gasteiger partial charge in [-0.05, 0) is 43.7 Å². The van der Waals surface area contributed by atoms with Crippen LogP contribution in [0, 0.1) is 6.92 Å². The fourth-order valence-electron chi connectivity index (χ4n) is 3.78. The lowest BCUT2D eigenvalue weighted by Crippen LogP contribution is -2.33. The third kappa shape index (κ3) is 4.42. The number of aryl methyl sites for hydroxylation is 1. The number of hydrogen-bond donors (Lipinski definition) is 2. The van der Waals surface area contributed by atoms with Gasteiger partial charge in [-0.25, -0.2) is 0 Å². The van der Waals surface area contributed by atoms with Crippen LogP contribution in [0.15, 0.2) is 76.2 Å². The largest absolute Gasteiger partial charge is 0.508 e. The molecule has 1 aliphatic heterocycles. The maximum absolute atomic E-state index is 10.6. The number of ether oxygens (including phenoxy) is 1. The summed E-state index contributed by atoms with van der Waals surface area (Å²) in [5.74, 6) is 1.10. The van der Waals surface area contributed by atoms with Crippen molar-refractivity contribution in [2.45, 2.75) is 32.5 Å². The molecule has 0 bridgehead atoms. The van der Waals surface area contributed by atoms with Crippen LogP contribution in [-0.2, 0) is 0 Å². The zero-order valence-corrected chi connectivity index (χ0v) is 18.7. The van der Waals surface area contributed by atoms with Crippen molar-refractivity contribution < 1.29 is 9.84 Å². The van der Waals surface area contributed by atoms with E-state index in [0.717, 1.165) is 32.6 Å². The van der Waals surface area contributed by atoms with Crippen LogP contribution in [-0.4, -0.2) is 17.4 Å². The van der Waals surface area contributed by atoms with E-state index < -0.39 is 0 Å². The summed E-state index contributed by atoms with van der Waals surface area (Å²) in [5, 5.41) is 14.2. The molecule has 4 nitrogen and oxygen atoms in total. The molecule has 1 aliphatic rings. The highest BCUT2D eigenvalue weighted by Gasteiger charge is 2.29. The van der Waals surface area contributed by atoms with Crippen LogP contribution in [0.25, 0.3) is 0 Å². The molecule has 0 aromatic heterocycles. The number of aliphatic imine (C=N–C) groups is 1. The van der Waals surface area contributed by atoms with Crippen LogP contribution in [0.1, 0.15) is 47.8 Å². The van der Waals surface area contributed by atoms with Gasteiger partial charge in [-0.2, -0.15) is 0 Å². The first-order valence-corrected chi connectivity index (χ1v) is 10.9. The van der Waals surface area contributed by atoms with Crippen LogP contribution < -0.4 is 10.1 Å². The minimum Gasteiger partial charge on any atom is -0.508 e. The van der Waals surface area contributed by atoms with Crippen molar-refractivity contribution in [1.29, 1.82) is 0 Å². The zero-order valence-electron chi connectivity index (χ0n) is 17.1. The smallest absolute Gasteiger partial charge is 0.129 e. The van der Waals surface area contributed by atoms with Gasteiger partial charge in [0.05, 0.1) is 6.61 Å². The Morgan fingerprint density at radius 2 is 1.83 bits per heavy atom. The highest BCUT2D eigenvalue weighted by Crippen LogP contribution is 2.37. The van der Waals surface area contributed by atoms with Crippen LogP contribution in [0.5, 0.6) is 11.5 Å². The lowest BCUT2D eigenvalue weighted by atomic mass is 9.93. The lowest BCUT2D eigenvalue weighted by Gasteiger charge is -2.31. The quantitative estimate of drug-likeness (QED) is 0.480. The molecule has 0 saturated carbocycles. The molecule has 4 rings (SSSR count). The third-order valence-electron chi connectivity index (χ3n) is 5.30. The van der Waals surface area contributed by atoms with E-state index in [1.165, 1.54) is 5.56 Å². The highest BCUT2D eigenvalue weighted by molar-refractivity contribution is 9.10. The van der Waals surface area contributed by atoms with Crippen molar-refractivity contribution >= 4 is 21.6 Å². The second-order valence-corrected chi connectivity index (χ2v) is 8.36. The molecular formula is C25H25BrN2O2. The summed E-state index contributed by atoms with van der Waals surface area (Å²) >= 11 is 3.53. The summed E-state index contributed by atoms with van der Waals surface area (Å²) in [4.78, 5) is 5.05. The number of aromatic hydroxyl groups is 1. The van der Waals surface area contributed by atoms with Crippen molar-refractivity contribution in [2.24, 2.45) is 4.99 Å². The van der Waals surface area contributed by atoms with Crippen LogP contribution in [0.4, 0.5) is 0 Å². The fraction of sp³-hybridized carbons (Fsp3) is 0.240. The van der Waals surface area contributed by atoms with Crippen LogP contribution in [0.2, 0.25) is 0 Å². The van der Waals surface area contributed by atoms with Crippen molar-refractivity contribution in [3.63, 3.8) is 0 Å². The molecule has 2 atom stereocenters. The number of hydrogen-bond acceptors (Lipinski definition) is 4. The molecule has 0 saturated heterocycles. The molecule has 1 heterocycles. The Morgan fingerprint density at radius 3 is 2.60 bits per heavy atom. The summed E-state index contributed by atoms with van der Waals surface area (Å²) in [6.07, 6.45) is 0.404. The Morgan fingerprint density at radius 1 is 1.07 bits per heavy atom. The van der Waals surface area contributed by atoms with E-state index in [1.54, 1.807) is 6.07 Å². The molecule has 5 heteroatoms. The Balaban J connectivity index is 1.79. The van der Waals surface area contributed by atoms with Gasteiger partial charge in [0.2, 0.25) is 0 Å². The predicted octanol–water partition coefficient (Wildman–Crippen LogP) is 6.08. The monoisotopic (exact) mass is 464 g/mol. The van der Waals surface area contributed by atoms with Gasteiger partial charge in [0.25, 0.3) is 0 Å². The number of halogens is 1. The maximum Gasteiger partial charge on any atom is 0.129 e. The van der Waals surface area contributed by atoms with E-state index in [1.807, 2.05) is 43.3 Å². The summed E-state index contributed by atoms with van der Waals surface area (Å²) < 4.78 is 6.80. The number of nitrogens with one attached hydrogen (secondary N) is 1. The average Bonchev–Trinajstić information content (AvgIpc) is 2.76. The summed E-state index contributed by atoms with van der Waals surface area (Å²) in [6.45, 7) is 4.65. The van der Waals surface area contributed by atoms with E-state index in [0.29, 0.717) is 13.0 Å². The summed E-state index contributed by atoms with van der Waals surface area (Å²) in [6, 6.07) is 21.9. The van der Waals surface area contributed by atoms with E-state index in [2.05, 4.69) is 52.4 Å². The molecule has 30 heavy (non-hydrogen) atoms. The summed E-state index contributed by atoms with van der Waals surface area (Å²) in [7, 11) is 0. The molecule has 3 aromatic carbocycles. The van der Waals surface area contributed by atoms with Gasteiger partial charge in [-0.3, -0.25) is 10.3 Å². The van der Waals surface area contributed by atoms with Gasteiger partial charge in [-0.1, -0.05) is 64.0 Å². The van der Waals surface area contributed by atoms with E-state index in [9.17, 15) is 5.11 Å². The predicted molar refractivity (Wildman–Crippen MR) is 124 cm³/mol. The zero-order chi connectivity index (χ0) is 21.1. The lowest BCUT2D eigenvalue weighted by molar-refractivity contribution is 0.327. The van der Waals surface area contributed by atoms with Crippen LogP contribution in [0.3, 0.4) is 0 Å². The second-order valence-electron chi connectivity index (χ2n) is 7.44. The van der Waals surface area contributed by atoms with E-state index in [4.69, 9.17) is 9.73 Å². The molecule has 0 spiro atoms. The molecule has 0 amide bonds. The summed E-state index contributed by atoms with van der Waals surface area (Å²) in [5.41, 5.74) is 5.16. The second kappa shape index (κ2) is 9.02. The number of benzene rings is 3. The Labute approximate surface area is 185 Å². The SMILES string of the molecule is CCOc1ccccc1[C@H]1N=C(c2ccc(C)cc2)C[C@@H](c2cc(Br)ccc2O)N1. The molecule has 2 N–H and O–H groups in total. The van der Waals surface area contributed by atoms with Gasteiger partial charge in [0, 0.05) is 33.8 Å². The number of phenolic OH excluding ortho intramolecular Hbond substituents is 1. The number of para-hydroxylation sites is 1. The molecule has 3 aromatic rings. The fourth-order valence-corrected chi connectivity index (χ4v) is 4.16. The maximum atomic E-state index is 10.6. The van der Waals surface area contributed by atoms with E-state index >= 15 is 0 Å². The van der Waals surface area contributed by atoms with Gasteiger partial charge < -0.3 is 9.84 Å². The topological polar surface area (TPSA) is 53.9 Å². The molecule has 0 unspecified atom stereocenters. The van der Waals surface area contributed by atoms with Gasteiger partial charge in [0.1, 0.15) is 17.7 Å². The van der Waals surface area contributed by atoms with Crippen LogP contribution >= 0.6 is 15.9 Å². The standard InChI is InChI=1S/C25H25BrN2O2/c1-3-30-24-7-5-4-6-19(24)25-27-21(17-10-8-16(2)9-11-17)15-22(28-25)20-14-18(26)12-13-23(20)29/h4-14,22,25,28-29H,3,15H2,1-2H3/t22-,25-/m0/s1. The van der Waals surface area contributed by atoms with Gasteiger partial charge in [0.15, 0.2) is 0 Å². The highest BCUT2D eigenvalue weighted by atomic mass is 79.9. The first-order chi connectivity index (χ1) is 14.5. The number of nitrogens with zero attached hydrogens (tertiary/aromatic N) is 1. The molecule has 154 valence electrons. The van der Waals surface area contributed by atoms with Gasteiger partial charge >= 0.3 is 0 Å². The average molecular weight is 465 g/mol. The Kier molecular flexibility index (Phi) is 6.21. The van der Waals surface area contributed by atoms with Crippen molar-refractivity contribution in [2.75, 3.05) is 6.61 Å². The third-order valence-corrected chi connectivity index (χ3v) is 5.80. The first kappa shape index (κ1) is 20.6. The number of rotatable bonds is 5. The minimum absolute atomic E-state index is 0.0871. The minimum atomic E-state index is -0.277. The number of phenols is 1. The Bertz CT molecular complexity index is 1060. The van der Waals surface area contributed by atoms with Crippen molar-refractivity contribution in [1.82, 2.24) is 5.32 Å². The van der Waals surface area contributed by atoms with Crippen molar-refractivity contribution in [3.8, 4) is 11.5 Å². The molecular weight excluding hydrogens is 440 g/mol. The van der Waals surface area contributed by atoms with Crippen molar-refractivity contribution in [3.05, 3.63) is 93.5 Å².